The summed E-state index contributed by atoms with van der Waals surface area (Å²) in [5, 5.41) is 7.83. The van der Waals surface area contributed by atoms with Gasteiger partial charge in [0.2, 0.25) is 5.91 Å². The zero-order valence-corrected chi connectivity index (χ0v) is 21.3. The van der Waals surface area contributed by atoms with Gasteiger partial charge in [0, 0.05) is 32.9 Å². The number of benzene rings is 1. The maximum absolute atomic E-state index is 13.4. The number of amides is 3. The largest absolute Gasteiger partial charge is 0.414 e. The molecule has 1 aromatic carbocycles. The Morgan fingerprint density at radius 2 is 1.97 bits per heavy atom. The Kier molecular flexibility index (Phi) is 7.09. The standard InChI is InChI=1S/C25H30N8O4/c1-6-19(34)32-9-7-8-16(12-32)33-23-20(22(26)27-13-28-23)21(30-33)24(35)29-17-10-15(3)18(11-14(17)2)37-25(36)31(4)5/h6,10-11,13,16H,1,7-9,12H2,2-5H3,(H,29,35)(H2,26,27,28)/t16-/m1/s1. The van der Waals surface area contributed by atoms with Gasteiger partial charge >= 0.3 is 6.09 Å². The molecule has 4 rings (SSSR count). The number of likely N-dealkylation sites (tertiary alicyclic amines) is 1. The van der Waals surface area contributed by atoms with Crippen molar-refractivity contribution in [1.82, 2.24) is 29.5 Å². The van der Waals surface area contributed by atoms with Crippen LogP contribution in [-0.2, 0) is 4.79 Å². The van der Waals surface area contributed by atoms with Crippen molar-refractivity contribution in [3.8, 4) is 5.75 Å². The number of carbonyl (C=O) groups is 3. The Balaban J connectivity index is 1.66. The molecule has 1 atom stereocenters. The van der Waals surface area contributed by atoms with Crippen LogP contribution in [0.2, 0.25) is 0 Å². The number of fused-ring (bicyclic) bond motifs is 1. The number of nitrogens with zero attached hydrogens (tertiary/aromatic N) is 6. The van der Waals surface area contributed by atoms with E-state index in [9.17, 15) is 14.4 Å². The van der Waals surface area contributed by atoms with Crippen molar-refractivity contribution in [1.29, 1.82) is 0 Å². The molecule has 194 valence electrons. The van der Waals surface area contributed by atoms with Crippen molar-refractivity contribution in [3.63, 3.8) is 0 Å². The number of ether oxygens (including phenoxy) is 1. The summed E-state index contributed by atoms with van der Waals surface area (Å²) >= 11 is 0. The van der Waals surface area contributed by atoms with E-state index in [2.05, 4.69) is 27.0 Å². The Hall–Kier alpha value is -4.48. The molecule has 1 saturated heterocycles. The van der Waals surface area contributed by atoms with Gasteiger partial charge in [-0.05, 0) is 56.0 Å². The van der Waals surface area contributed by atoms with Crippen molar-refractivity contribution >= 4 is 40.4 Å². The monoisotopic (exact) mass is 506 g/mol. The molecule has 0 bridgehead atoms. The van der Waals surface area contributed by atoms with Crippen LogP contribution in [0.3, 0.4) is 0 Å². The van der Waals surface area contributed by atoms with E-state index < -0.39 is 12.0 Å². The Labute approximate surface area is 214 Å². The van der Waals surface area contributed by atoms with Crippen molar-refractivity contribution in [2.45, 2.75) is 32.7 Å². The van der Waals surface area contributed by atoms with Crippen LogP contribution >= 0.6 is 0 Å². The molecule has 1 fully saturated rings. The minimum Gasteiger partial charge on any atom is -0.410 e. The van der Waals surface area contributed by atoms with E-state index in [0.29, 0.717) is 46.7 Å². The number of hydrogen-bond donors (Lipinski definition) is 2. The highest BCUT2D eigenvalue weighted by atomic mass is 16.6. The summed E-state index contributed by atoms with van der Waals surface area (Å²) in [6, 6.07) is 3.23. The number of nitrogens with two attached hydrogens (primary N) is 1. The molecule has 3 amide bonds. The van der Waals surface area contributed by atoms with Gasteiger partial charge in [-0.25, -0.2) is 19.4 Å². The number of aromatic nitrogens is 4. The molecule has 1 aliphatic rings. The third-order valence-electron chi connectivity index (χ3n) is 6.29. The summed E-state index contributed by atoms with van der Waals surface area (Å²) in [7, 11) is 3.19. The third-order valence-corrected chi connectivity index (χ3v) is 6.29. The smallest absolute Gasteiger partial charge is 0.410 e. The minimum atomic E-state index is -0.497. The molecule has 0 aliphatic carbocycles. The molecule has 0 unspecified atom stereocenters. The van der Waals surface area contributed by atoms with Crippen LogP contribution in [0.5, 0.6) is 5.75 Å². The van der Waals surface area contributed by atoms with E-state index in [0.717, 1.165) is 12.8 Å². The Bertz CT molecular complexity index is 1400. The fourth-order valence-electron chi connectivity index (χ4n) is 4.29. The number of piperidine rings is 1. The summed E-state index contributed by atoms with van der Waals surface area (Å²) in [6.07, 6.45) is 3.65. The second-order valence-corrected chi connectivity index (χ2v) is 9.18. The number of anilines is 2. The van der Waals surface area contributed by atoms with Crippen LogP contribution in [0.15, 0.2) is 31.1 Å². The zero-order valence-electron chi connectivity index (χ0n) is 21.3. The second-order valence-electron chi connectivity index (χ2n) is 9.18. The van der Waals surface area contributed by atoms with Crippen LogP contribution < -0.4 is 15.8 Å². The lowest BCUT2D eigenvalue weighted by Gasteiger charge is -2.32. The van der Waals surface area contributed by atoms with Crippen molar-refractivity contribution in [2.75, 3.05) is 38.2 Å². The summed E-state index contributed by atoms with van der Waals surface area (Å²) in [4.78, 5) is 49.0. The van der Waals surface area contributed by atoms with Crippen LogP contribution in [0.25, 0.3) is 11.0 Å². The molecular formula is C25H30N8O4. The van der Waals surface area contributed by atoms with E-state index in [1.54, 1.807) is 49.7 Å². The third kappa shape index (κ3) is 5.08. The molecule has 1 aliphatic heterocycles. The molecule has 2 aromatic heterocycles. The highest BCUT2D eigenvalue weighted by Gasteiger charge is 2.29. The number of aryl methyl sites for hydroxylation is 2. The van der Waals surface area contributed by atoms with Gasteiger partial charge < -0.3 is 25.6 Å². The molecule has 3 N–H and O–H groups in total. The fraction of sp³-hybridized carbons (Fsp3) is 0.360. The van der Waals surface area contributed by atoms with Crippen LogP contribution in [0, 0.1) is 13.8 Å². The molecule has 0 spiro atoms. The molecule has 12 nitrogen and oxygen atoms in total. The predicted molar refractivity (Wildman–Crippen MR) is 138 cm³/mol. The van der Waals surface area contributed by atoms with E-state index in [-0.39, 0.29) is 23.5 Å². The number of nitrogen functional groups attached to an aromatic ring is 1. The molecule has 3 heterocycles. The molecule has 3 aromatic rings. The second kappa shape index (κ2) is 10.2. The zero-order chi connectivity index (χ0) is 26.9. The van der Waals surface area contributed by atoms with E-state index in [1.165, 1.54) is 17.3 Å². The maximum Gasteiger partial charge on any atom is 0.414 e. The van der Waals surface area contributed by atoms with Crippen molar-refractivity contribution in [2.24, 2.45) is 0 Å². The predicted octanol–water partition coefficient (Wildman–Crippen LogP) is 2.69. The quantitative estimate of drug-likeness (QED) is 0.502. The van der Waals surface area contributed by atoms with E-state index >= 15 is 0 Å². The molecule has 12 heteroatoms. The van der Waals surface area contributed by atoms with Crippen molar-refractivity contribution < 1.29 is 19.1 Å². The first-order valence-electron chi connectivity index (χ1n) is 11.8. The van der Waals surface area contributed by atoms with E-state index in [1.807, 2.05) is 0 Å². The summed E-state index contributed by atoms with van der Waals surface area (Å²) < 4.78 is 7.06. The van der Waals surface area contributed by atoms with Gasteiger partial charge in [0.15, 0.2) is 11.3 Å². The van der Waals surface area contributed by atoms with Gasteiger partial charge in [-0.15, -0.1) is 0 Å². The summed E-state index contributed by atoms with van der Waals surface area (Å²) in [6.45, 7) is 8.19. The average Bonchev–Trinajstić information content (AvgIpc) is 3.27. The first-order chi connectivity index (χ1) is 17.6. The van der Waals surface area contributed by atoms with E-state index in [4.69, 9.17) is 10.5 Å². The first kappa shape index (κ1) is 25.6. The molecule has 0 radical (unpaired) electrons. The topological polar surface area (TPSA) is 149 Å². The first-order valence-corrected chi connectivity index (χ1v) is 11.8. The van der Waals surface area contributed by atoms with Gasteiger partial charge in [-0.1, -0.05) is 6.58 Å². The maximum atomic E-state index is 13.4. The molecule has 0 saturated carbocycles. The summed E-state index contributed by atoms with van der Waals surface area (Å²) in [5.74, 6) is -0.105. The average molecular weight is 507 g/mol. The number of rotatable bonds is 5. The number of hydrogen-bond acceptors (Lipinski definition) is 8. The molecule has 37 heavy (non-hydrogen) atoms. The normalized spacial score (nSPS) is 15.4. The minimum absolute atomic E-state index is 0.0837. The van der Waals surface area contributed by atoms with Crippen LogP contribution in [-0.4, -0.2) is 74.6 Å². The Morgan fingerprint density at radius 3 is 2.68 bits per heavy atom. The Morgan fingerprint density at radius 1 is 1.22 bits per heavy atom. The van der Waals surface area contributed by atoms with Gasteiger partial charge in [-0.2, -0.15) is 5.10 Å². The number of nitrogens with one attached hydrogen (secondary N) is 1. The van der Waals surface area contributed by atoms with Gasteiger partial charge in [0.25, 0.3) is 5.91 Å². The highest BCUT2D eigenvalue weighted by molar-refractivity contribution is 6.13. The lowest BCUT2D eigenvalue weighted by atomic mass is 10.1. The number of carbonyl (C=O) groups excluding carboxylic acids is 3. The SMILES string of the molecule is C=CC(=O)N1CCC[C@@H](n2nc(C(=O)Nc3cc(C)c(OC(=O)N(C)C)cc3C)c3c(N)ncnc32)C1. The lowest BCUT2D eigenvalue weighted by molar-refractivity contribution is -0.127. The van der Waals surface area contributed by atoms with Gasteiger partial charge in [0.1, 0.15) is 17.9 Å². The van der Waals surface area contributed by atoms with Crippen LogP contribution in [0.1, 0.15) is 40.5 Å². The molecular weight excluding hydrogens is 476 g/mol. The highest BCUT2D eigenvalue weighted by Crippen LogP contribution is 2.31. The van der Waals surface area contributed by atoms with Gasteiger partial charge in [0.05, 0.1) is 11.4 Å². The van der Waals surface area contributed by atoms with Crippen molar-refractivity contribution in [3.05, 3.63) is 47.9 Å². The fourth-order valence-corrected chi connectivity index (χ4v) is 4.29. The van der Waals surface area contributed by atoms with Crippen LogP contribution in [0.4, 0.5) is 16.3 Å². The lowest BCUT2D eigenvalue weighted by Crippen LogP contribution is -2.40. The summed E-state index contributed by atoms with van der Waals surface area (Å²) in [5.41, 5.74) is 8.56. The van der Waals surface area contributed by atoms with Gasteiger partial charge in [-0.3, -0.25) is 9.59 Å².